The summed E-state index contributed by atoms with van der Waals surface area (Å²) in [7, 11) is 3.60. The van der Waals surface area contributed by atoms with Crippen LogP contribution in [0.3, 0.4) is 0 Å². The molecule has 460 valence electrons. The average Bonchev–Trinajstić information content (AvgIpc) is 1.56. The Morgan fingerprint density at radius 2 is 1.04 bits per heavy atom. The van der Waals surface area contributed by atoms with Crippen molar-refractivity contribution in [3.8, 4) is 55.9 Å². The number of aromatic nitrogens is 9. The number of carbonyl (C=O) groups excluding carboxylic acids is 1. The highest BCUT2D eigenvalue weighted by molar-refractivity contribution is 6.08. The lowest BCUT2D eigenvalue weighted by atomic mass is 9.92. The standard InChI is InChI=1S/C78H75N11O3/c1-45-17-28-69(92-44-91-12)68(37-45)89-41-57(81-43-89)40-88(42-70-79-29-30-87(70)11)39-56-19-18-55(38-80-56)78(90)86-59-16-14-13-15-58(59)74-60-20-22-62(82-60)75(71-49(5)31-46(2)32-50(71)6)64-24-26-66(84-64)77(73-53(9)35-48(4)36-54(73)10)67-27-25-65(85-67)76(63-23-21-61(74)83-63)72-51(7)33-47(3)34-52(72)8/h13-38,41,43,82,85H,39-40,42,44H2,1-12H3,(H,86,90). The van der Waals surface area contributed by atoms with Crippen molar-refractivity contribution in [1.82, 2.24) is 48.9 Å². The number of ether oxygens (including phenoxy) is 2. The summed E-state index contributed by atoms with van der Waals surface area (Å²) in [6, 6.07) is 40.0. The Bertz CT molecular complexity index is 4850. The smallest absolute Gasteiger partial charge is 0.257 e. The highest BCUT2D eigenvalue weighted by atomic mass is 16.7. The van der Waals surface area contributed by atoms with Gasteiger partial charge in [-0.05, 0) is 204 Å². The van der Waals surface area contributed by atoms with Crippen LogP contribution in [0.1, 0.15) is 106 Å². The monoisotopic (exact) mass is 1210 g/mol. The topological polar surface area (TPSA) is 157 Å². The summed E-state index contributed by atoms with van der Waals surface area (Å²) in [4.78, 5) is 50.8. The molecule has 2 aliphatic heterocycles. The molecule has 0 aliphatic carbocycles. The Kier molecular flexibility index (Phi) is 16.4. The zero-order chi connectivity index (χ0) is 64.1. The Morgan fingerprint density at radius 3 is 1.54 bits per heavy atom. The van der Waals surface area contributed by atoms with Gasteiger partial charge in [-0.1, -0.05) is 77.4 Å². The van der Waals surface area contributed by atoms with E-state index in [-0.39, 0.29) is 12.7 Å². The maximum absolute atomic E-state index is 14.8. The summed E-state index contributed by atoms with van der Waals surface area (Å²) in [6.45, 7) is 23.3. The van der Waals surface area contributed by atoms with Crippen LogP contribution in [0.4, 0.5) is 5.69 Å². The molecular weight excluding hydrogens is 1140 g/mol. The number of fused-ring (bicyclic) bond motifs is 8. The summed E-state index contributed by atoms with van der Waals surface area (Å²) in [5.74, 6) is 1.28. The quantitative estimate of drug-likeness (QED) is 0.0801. The molecule has 14 nitrogen and oxygen atoms in total. The molecule has 13 rings (SSSR count). The van der Waals surface area contributed by atoms with E-state index in [2.05, 4.69) is 192 Å². The number of methoxy groups -OCH3 is 1. The van der Waals surface area contributed by atoms with E-state index in [1.165, 1.54) is 27.8 Å². The number of hydrogen-bond acceptors (Lipinski definition) is 9. The van der Waals surface area contributed by atoms with Crippen LogP contribution in [-0.4, -0.2) is 68.7 Å². The van der Waals surface area contributed by atoms with Crippen LogP contribution in [0.2, 0.25) is 0 Å². The highest BCUT2D eigenvalue weighted by Crippen LogP contribution is 2.43. The molecule has 0 saturated carbocycles. The second-order valence-electron chi connectivity index (χ2n) is 24.8. The molecule has 0 radical (unpaired) electrons. The van der Waals surface area contributed by atoms with Crippen LogP contribution in [0.25, 0.3) is 96.6 Å². The summed E-state index contributed by atoms with van der Waals surface area (Å²) in [6.07, 6.45) is 17.8. The molecule has 5 aromatic carbocycles. The largest absolute Gasteiger partial charge is 0.465 e. The summed E-state index contributed by atoms with van der Waals surface area (Å²) in [5, 5.41) is 3.33. The van der Waals surface area contributed by atoms with Gasteiger partial charge >= 0.3 is 0 Å². The van der Waals surface area contributed by atoms with E-state index in [9.17, 15) is 4.79 Å². The molecule has 0 fully saturated rings. The number of aromatic amines is 2. The number of benzene rings is 5. The molecule has 14 heteroatoms. The van der Waals surface area contributed by atoms with Crippen LogP contribution < -0.4 is 10.1 Å². The molecule has 0 spiro atoms. The van der Waals surface area contributed by atoms with Gasteiger partial charge in [-0.2, -0.15) is 0 Å². The number of H-pyrrole nitrogens is 2. The van der Waals surface area contributed by atoms with Gasteiger partial charge in [-0.15, -0.1) is 0 Å². The van der Waals surface area contributed by atoms with Crippen LogP contribution in [0, 0.1) is 69.2 Å². The first-order valence-corrected chi connectivity index (χ1v) is 31.2. The zero-order valence-corrected chi connectivity index (χ0v) is 54.3. The van der Waals surface area contributed by atoms with Crippen molar-refractivity contribution in [3.63, 3.8) is 0 Å². The van der Waals surface area contributed by atoms with Crippen molar-refractivity contribution in [1.29, 1.82) is 0 Å². The number of pyridine rings is 1. The van der Waals surface area contributed by atoms with E-state index in [0.717, 1.165) is 140 Å². The molecule has 6 aromatic heterocycles. The molecule has 1 amide bonds. The lowest BCUT2D eigenvalue weighted by molar-refractivity contribution is 0.0510. The van der Waals surface area contributed by atoms with Gasteiger partial charge in [0.05, 0.1) is 58.3 Å². The molecule has 3 N–H and O–H groups in total. The molecule has 0 saturated heterocycles. The third kappa shape index (κ3) is 11.9. The van der Waals surface area contributed by atoms with E-state index >= 15 is 0 Å². The first-order valence-electron chi connectivity index (χ1n) is 31.2. The maximum Gasteiger partial charge on any atom is 0.257 e. The van der Waals surface area contributed by atoms with Crippen LogP contribution in [-0.2, 0) is 31.4 Å². The number of para-hydroxylation sites is 1. The minimum atomic E-state index is -0.302. The van der Waals surface area contributed by atoms with Gasteiger partial charge in [0, 0.05) is 108 Å². The van der Waals surface area contributed by atoms with E-state index in [0.29, 0.717) is 36.6 Å². The SMILES string of the molecule is COCOc1ccc(C)cc1-n1cnc(CN(Cc2ccc(C(=O)Nc3ccccc3-c3c4nc(c(-c5c(C)cc(C)cc5C)c5ccc([nH]5)c(-c5c(C)cc(C)cc5C)c5nc(c(-c6c(C)cc(C)cc6C)c6ccc3[nH]6)C=C5)C=C4)cn2)Cc2nccn2C)c1. The third-order valence-corrected chi connectivity index (χ3v) is 17.5. The molecule has 11 aromatic rings. The second-order valence-corrected chi connectivity index (χ2v) is 24.8. The van der Waals surface area contributed by atoms with Crippen molar-refractivity contribution >= 4 is 58.0 Å². The van der Waals surface area contributed by atoms with E-state index < -0.39 is 0 Å². The average molecular weight is 1210 g/mol. The van der Waals surface area contributed by atoms with Crippen molar-refractivity contribution in [2.75, 3.05) is 19.2 Å². The van der Waals surface area contributed by atoms with Crippen molar-refractivity contribution in [2.45, 2.75) is 88.9 Å². The first-order chi connectivity index (χ1) is 44.4. The number of amides is 1. The van der Waals surface area contributed by atoms with Crippen LogP contribution in [0.15, 0.2) is 146 Å². The normalized spacial score (nSPS) is 12.0. The highest BCUT2D eigenvalue weighted by Gasteiger charge is 2.25. The van der Waals surface area contributed by atoms with Gasteiger partial charge in [-0.3, -0.25) is 14.7 Å². The molecule has 92 heavy (non-hydrogen) atoms. The summed E-state index contributed by atoms with van der Waals surface area (Å²) < 4.78 is 15.1. The summed E-state index contributed by atoms with van der Waals surface area (Å²) >= 11 is 0. The zero-order valence-electron chi connectivity index (χ0n) is 54.3. The van der Waals surface area contributed by atoms with Gasteiger partial charge in [0.1, 0.15) is 11.6 Å². The number of hydrogen-bond donors (Lipinski definition) is 3. The Balaban J connectivity index is 0.930. The second kappa shape index (κ2) is 25.0. The Hall–Kier alpha value is -10.5. The fourth-order valence-corrected chi connectivity index (χ4v) is 13.7. The Labute approximate surface area is 537 Å². The van der Waals surface area contributed by atoms with Gasteiger partial charge in [0.2, 0.25) is 0 Å². The lowest BCUT2D eigenvalue weighted by Gasteiger charge is -2.21. The predicted octanol–water partition coefficient (Wildman–Crippen LogP) is 17.2. The lowest BCUT2D eigenvalue weighted by Crippen LogP contribution is -2.25. The van der Waals surface area contributed by atoms with Crippen LogP contribution >= 0.6 is 0 Å². The summed E-state index contributed by atoms with van der Waals surface area (Å²) in [5.41, 5.74) is 30.0. The number of carbonyl (C=O) groups is 1. The van der Waals surface area contributed by atoms with Crippen molar-refractivity contribution < 1.29 is 14.3 Å². The van der Waals surface area contributed by atoms with Crippen LogP contribution in [0.5, 0.6) is 5.75 Å². The van der Waals surface area contributed by atoms with Crippen molar-refractivity contribution in [2.24, 2.45) is 7.05 Å². The van der Waals surface area contributed by atoms with E-state index in [4.69, 9.17) is 29.4 Å². The first kappa shape index (κ1) is 60.4. The van der Waals surface area contributed by atoms with Gasteiger partial charge in [0.25, 0.3) is 5.91 Å². The number of aryl methyl sites for hydroxylation is 11. The Morgan fingerprint density at radius 1 is 0.533 bits per heavy atom. The van der Waals surface area contributed by atoms with Gasteiger partial charge in [-0.25, -0.2) is 19.9 Å². The minimum Gasteiger partial charge on any atom is -0.465 e. The molecule has 8 heterocycles. The fourth-order valence-electron chi connectivity index (χ4n) is 13.7. The number of nitrogens with zero attached hydrogens (tertiary/aromatic N) is 8. The minimum absolute atomic E-state index is 0.129. The van der Waals surface area contributed by atoms with Gasteiger partial charge in [0.15, 0.2) is 6.79 Å². The predicted molar refractivity (Wildman–Crippen MR) is 372 cm³/mol. The molecule has 8 bridgehead atoms. The number of anilines is 1. The molecule has 2 aliphatic rings. The maximum atomic E-state index is 14.8. The molecular formula is C78H75N11O3. The number of imidazole rings is 2. The van der Waals surface area contributed by atoms with E-state index in [1.54, 1.807) is 25.8 Å². The number of rotatable bonds is 16. The fraction of sp³-hybridized carbons (Fsp3) is 0.205. The van der Waals surface area contributed by atoms with Gasteiger partial charge < -0.3 is 33.9 Å². The third-order valence-electron chi connectivity index (χ3n) is 17.5. The van der Waals surface area contributed by atoms with Crippen molar-refractivity contribution in [3.05, 3.63) is 248 Å². The molecule has 0 unspecified atom stereocenters. The number of nitrogens with one attached hydrogen (secondary N) is 3. The molecule has 0 atom stereocenters. The van der Waals surface area contributed by atoms with E-state index in [1.807, 2.05) is 71.0 Å².